The standard InChI is InChI=1S/C12F20N2O2/c13-3(1-33,9(23,24)25)35-11(29,30)7(19,20)5(15,16)6(17,18)8(21,22)12(31,32)36-4(14,2-34)10(26,27)28. The van der Waals surface area contributed by atoms with Gasteiger partial charge in [-0.25, -0.2) is 0 Å². The minimum atomic E-state index is -8.87. The molecule has 24 heteroatoms. The van der Waals surface area contributed by atoms with Crippen molar-refractivity contribution in [2.75, 3.05) is 0 Å². The van der Waals surface area contributed by atoms with Crippen LogP contribution in [0.15, 0.2) is 0 Å². The van der Waals surface area contributed by atoms with E-state index in [2.05, 4.69) is 0 Å². The molecular weight excluding hydrogens is 584 g/mol. The lowest BCUT2D eigenvalue weighted by atomic mass is 9.96. The zero-order valence-corrected chi connectivity index (χ0v) is 15.3. The fourth-order valence-electron chi connectivity index (χ4n) is 1.53. The molecule has 0 radical (unpaired) electrons. The topological polar surface area (TPSA) is 66.0 Å². The number of hydrogen-bond acceptors (Lipinski definition) is 4. The second kappa shape index (κ2) is 8.53. The molecule has 0 aliphatic heterocycles. The summed E-state index contributed by atoms with van der Waals surface area (Å²) in [5.74, 6) is -48.6. The third kappa shape index (κ3) is 4.76. The molecule has 0 amide bonds. The van der Waals surface area contributed by atoms with Crippen LogP contribution in [0.1, 0.15) is 0 Å². The molecule has 0 rings (SSSR count). The van der Waals surface area contributed by atoms with E-state index in [1.165, 1.54) is 9.47 Å². The van der Waals surface area contributed by atoms with E-state index in [0.29, 0.717) is 0 Å². The van der Waals surface area contributed by atoms with Crippen molar-refractivity contribution < 1.29 is 97.3 Å². The highest BCUT2D eigenvalue weighted by Crippen LogP contribution is 2.62. The fourth-order valence-corrected chi connectivity index (χ4v) is 1.53. The first-order valence-corrected chi connectivity index (χ1v) is 7.29. The number of rotatable bonds is 9. The van der Waals surface area contributed by atoms with E-state index in [1.54, 1.807) is 0 Å². The van der Waals surface area contributed by atoms with Gasteiger partial charge < -0.3 is 0 Å². The Bertz CT molecular complexity index is 836. The molecule has 2 unspecified atom stereocenters. The van der Waals surface area contributed by atoms with Crippen molar-refractivity contribution in [3.63, 3.8) is 0 Å². The van der Waals surface area contributed by atoms with Crippen LogP contribution < -0.4 is 0 Å². The normalized spacial score (nSPS) is 18.6. The van der Waals surface area contributed by atoms with Crippen molar-refractivity contribution >= 4 is 0 Å². The third-order valence-corrected chi connectivity index (χ3v) is 3.47. The summed E-state index contributed by atoms with van der Waals surface area (Å²) in [5.41, 5.74) is 0. The van der Waals surface area contributed by atoms with Gasteiger partial charge in [-0.05, 0) is 0 Å². The first-order valence-electron chi connectivity index (χ1n) is 7.29. The van der Waals surface area contributed by atoms with Gasteiger partial charge in [0.25, 0.3) is 0 Å². The Morgan fingerprint density at radius 1 is 0.361 bits per heavy atom. The zero-order chi connectivity index (χ0) is 29.8. The largest absolute Gasteiger partial charge is 0.463 e. The van der Waals surface area contributed by atoms with Gasteiger partial charge in [0, 0.05) is 0 Å². The predicted molar refractivity (Wildman–Crippen MR) is 62.9 cm³/mol. The number of nitrogens with zero attached hydrogens (tertiary/aromatic N) is 2. The van der Waals surface area contributed by atoms with Gasteiger partial charge in [-0.3, -0.25) is 9.47 Å². The van der Waals surface area contributed by atoms with E-state index in [9.17, 15) is 87.8 Å². The summed E-state index contributed by atoms with van der Waals surface area (Å²) in [6.45, 7) is 0. The highest BCUT2D eigenvalue weighted by molar-refractivity contribution is 5.11. The van der Waals surface area contributed by atoms with Crippen LogP contribution in [0.3, 0.4) is 0 Å². The number of alkyl halides is 20. The molecule has 4 nitrogen and oxygen atoms in total. The lowest BCUT2D eigenvalue weighted by molar-refractivity contribution is -0.507. The second-order valence-electron chi connectivity index (χ2n) is 5.94. The van der Waals surface area contributed by atoms with Crippen molar-refractivity contribution in [3.05, 3.63) is 0 Å². The summed E-state index contributed by atoms with van der Waals surface area (Å²) in [6.07, 6.45) is -30.6. The predicted octanol–water partition coefficient (Wildman–Crippen LogP) is 6.25. The lowest BCUT2D eigenvalue weighted by Gasteiger charge is -2.41. The van der Waals surface area contributed by atoms with Crippen molar-refractivity contribution in [2.24, 2.45) is 0 Å². The minimum absolute atomic E-state index is 0.989. The van der Waals surface area contributed by atoms with Gasteiger partial charge >= 0.3 is 60.0 Å². The van der Waals surface area contributed by atoms with Crippen LogP contribution in [0.25, 0.3) is 0 Å². The van der Waals surface area contributed by atoms with E-state index >= 15 is 0 Å². The summed E-state index contributed by atoms with van der Waals surface area (Å²) < 4.78 is 262. The molecule has 0 heterocycles. The van der Waals surface area contributed by atoms with Gasteiger partial charge in [-0.15, -0.1) is 0 Å². The molecule has 0 aliphatic rings. The summed E-state index contributed by atoms with van der Waals surface area (Å²) in [7, 11) is 0. The summed E-state index contributed by atoms with van der Waals surface area (Å²) in [4.78, 5) is 0. The molecular formula is C12F20N2O2. The number of halogens is 20. The summed E-state index contributed by atoms with van der Waals surface area (Å²) in [5, 5.41) is 15.5. The van der Waals surface area contributed by atoms with Gasteiger partial charge in [-0.1, -0.05) is 0 Å². The average molecular weight is 584 g/mol. The molecule has 0 aliphatic carbocycles. The van der Waals surface area contributed by atoms with E-state index in [-0.39, 0.29) is 0 Å². The Morgan fingerprint density at radius 3 is 0.694 bits per heavy atom. The Morgan fingerprint density at radius 2 is 0.556 bits per heavy atom. The molecule has 0 aromatic carbocycles. The SMILES string of the molecule is N#CC(F)(OC(F)(F)C(F)(F)C(F)(F)C(F)(F)C(F)(F)C(F)(F)OC(F)(C#N)C(F)(F)F)C(F)(F)F. The molecule has 2 atom stereocenters. The molecule has 0 aromatic rings. The maximum absolute atomic E-state index is 13.4. The van der Waals surface area contributed by atoms with Gasteiger partial charge in [0.1, 0.15) is 12.1 Å². The van der Waals surface area contributed by atoms with Crippen LogP contribution in [0.5, 0.6) is 0 Å². The molecule has 0 saturated heterocycles. The van der Waals surface area contributed by atoms with Crippen molar-refractivity contribution in [2.45, 2.75) is 60.0 Å². The molecule has 0 spiro atoms. The van der Waals surface area contributed by atoms with Gasteiger partial charge in [0.2, 0.25) is 0 Å². The van der Waals surface area contributed by atoms with Crippen molar-refractivity contribution in [1.82, 2.24) is 0 Å². The third-order valence-electron chi connectivity index (χ3n) is 3.47. The van der Waals surface area contributed by atoms with E-state index < -0.39 is 72.1 Å². The number of ether oxygens (including phenoxy) is 2. The molecule has 0 fully saturated rings. The molecule has 36 heavy (non-hydrogen) atoms. The van der Waals surface area contributed by atoms with Gasteiger partial charge in [-0.2, -0.15) is 98.3 Å². The quantitative estimate of drug-likeness (QED) is 0.301. The van der Waals surface area contributed by atoms with Gasteiger partial charge in [0.05, 0.1) is 0 Å². The van der Waals surface area contributed by atoms with E-state index in [0.717, 1.165) is 0 Å². The first-order chi connectivity index (χ1) is 15.3. The molecule has 0 aromatic heterocycles. The van der Waals surface area contributed by atoms with Crippen LogP contribution in [0, 0.1) is 22.7 Å². The first kappa shape index (κ1) is 33.5. The van der Waals surface area contributed by atoms with E-state index in [1.807, 2.05) is 0 Å². The smallest absolute Gasteiger partial charge is 0.258 e. The molecule has 210 valence electrons. The monoisotopic (exact) mass is 584 g/mol. The van der Waals surface area contributed by atoms with E-state index in [4.69, 9.17) is 10.5 Å². The zero-order valence-electron chi connectivity index (χ0n) is 15.3. The lowest BCUT2D eigenvalue weighted by Crippen LogP contribution is -2.72. The van der Waals surface area contributed by atoms with Crippen LogP contribution in [0.2, 0.25) is 0 Å². The van der Waals surface area contributed by atoms with Crippen LogP contribution in [0.4, 0.5) is 87.8 Å². The Kier molecular flexibility index (Phi) is 7.93. The Hall–Kier alpha value is -2.50. The van der Waals surface area contributed by atoms with Crippen LogP contribution in [-0.2, 0) is 9.47 Å². The van der Waals surface area contributed by atoms with Crippen molar-refractivity contribution in [1.29, 1.82) is 10.5 Å². The average Bonchev–Trinajstić information content (AvgIpc) is 2.64. The molecule has 0 saturated carbocycles. The highest BCUT2D eigenvalue weighted by atomic mass is 19.4. The number of hydrogen-bond donors (Lipinski definition) is 0. The van der Waals surface area contributed by atoms with Crippen LogP contribution >= 0.6 is 0 Å². The van der Waals surface area contributed by atoms with Crippen LogP contribution in [-0.4, -0.2) is 60.0 Å². The fraction of sp³-hybridized carbons (Fsp3) is 0.833. The molecule has 0 bridgehead atoms. The maximum Gasteiger partial charge on any atom is 0.463 e. The van der Waals surface area contributed by atoms with Crippen molar-refractivity contribution in [3.8, 4) is 12.1 Å². The summed E-state index contributed by atoms with van der Waals surface area (Å²) in [6, 6.07) is -1.98. The second-order valence-corrected chi connectivity index (χ2v) is 5.94. The highest BCUT2D eigenvalue weighted by Gasteiger charge is 2.92. The number of nitriles is 2. The Balaban J connectivity index is 6.78. The van der Waals surface area contributed by atoms with Gasteiger partial charge in [0.15, 0.2) is 0 Å². The minimum Gasteiger partial charge on any atom is -0.258 e. The molecule has 0 N–H and O–H groups in total. The maximum atomic E-state index is 13.4. The Labute approximate surface area is 181 Å². The summed E-state index contributed by atoms with van der Waals surface area (Å²) >= 11 is 0.